The summed E-state index contributed by atoms with van der Waals surface area (Å²) in [6.45, 7) is 3.92. The predicted molar refractivity (Wildman–Crippen MR) is 125 cm³/mol. The number of halogens is 1. The first-order valence-electron chi connectivity index (χ1n) is 11.7. The van der Waals surface area contributed by atoms with Crippen LogP contribution in [-0.4, -0.2) is 47.2 Å². The van der Waals surface area contributed by atoms with Crippen LogP contribution in [0.2, 0.25) is 0 Å². The molecule has 0 amide bonds. The second-order valence-electron chi connectivity index (χ2n) is 8.72. The Morgan fingerprint density at radius 2 is 2.03 bits per heavy atom. The lowest BCUT2D eigenvalue weighted by Gasteiger charge is -2.35. The number of anilines is 4. The number of nitrogen functional groups attached to an aromatic ring is 1. The summed E-state index contributed by atoms with van der Waals surface area (Å²) in [4.78, 5) is 15.5. The van der Waals surface area contributed by atoms with Gasteiger partial charge in [-0.3, -0.25) is 0 Å². The monoisotopic (exact) mass is 443 g/mol. The van der Waals surface area contributed by atoms with Gasteiger partial charge in [0.05, 0.1) is 13.2 Å². The summed E-state index contributed by atoms with van der Waals surface area (Å²) in [6, 6.07) is 5.23. The van der Waals surface area contributed by atoms with E-state index >= 15 is 0 Å². The van der Waals surface area contributed by atoms with E-state index < -0.39 is 5.82 Å². The maximum atomic E-state index is 14.7. The zero-order valence-corrected chi connectivity index (χ0v) is 19.0. The smallest absolute Gasteiger partial charge is 0.236 e. The molecule has 2 unspecified atom stereocenters. The molecule has 2 atom stereocenters. The summed E-state index contributed by atoms with van der Waals surface area (Å²) in [7, 11) is 1.46. The van der Waals surface area contributed by atoms with Gasteiger partial charge in [0, 0.05) is 24.3 Å². The highest BCUT2D eigenvalue weighted by molar-refractivity contribution is 5.61. The highest BCUT2D eigenvalue weighted by atomic mass is 19.1. The van der Waals surface area contributed by atoms with Gasteiger partial charge in [-0.15, -0.1) is 0 Å². The maximum absolute atomic E-state index is 14.7. The molecule has 1 aromatic carbocycles. The molecule has 32 heavy (non-hydrogen) atoms. The van der Waals surface area contributed by atoms with Crippen molar-refractivity contribution < 1.29 is 9.13 Å². The lowest BCUT2D eigenvalue weighted by Crippen LogP contribution is -2.46. The Bertz CT molecular complexity index is 900. The van der Waals surface area contributed by atoms with Gasteiger partial charge in [0.1, 0.15) is 0 Å². The van der Waals surface area contributed by atoms with Gasteiger partial charge in [-0.25, -0.2) is 4.39 Å². The van der Waals surface area contributed by atoms with Crippen LogP contribution in [0.4, 0.5) is 27.9 Å². The lowest BCUT2D eigenvalue weighted by atomic mass is 10.0. The van der Waals surface area contributed by atoms with Crippen LogP contribution in [0.5, 0.6) is 5.75 Å². The average molecular weight is 444 g/mol. The minimum absolute atomic E-state index is 0.0368. The highest BCUT2D eigenvalue weighted by Gasteiger charge is 2.32. The summed E-state index contributed by atoms with van der Waals surface area (Å²) in [5, 5.41) is 6.93. The molecule has 9 heteroatoms. The predicted octanol–water partition coefficient (Wildman–Crippen LogP) is 3.87. The van der Waals surface area contributed by atoms with Crippen molar-refractivity contribution in [3.8, 4) is 5.75 Å². The van der Waals surface area contributed by atoms with Crippen LogP contribution in [0.25, 0.3) is 0 Å². The second kappa shape index (κ2) is 10.3. The fourth-order valence-corrected chi connectivity index (χ4v) is 4.96. The van der Waals surface area contributed by atoms with Crippen molar-refractivity contribution in [1.82, 2.24) is 20.3 Å². The van der Waals surface area contributed by atoms with E-state index in [-0.39, 0.29) is 23.8 Å². The van der Waals surface area contributed by atoms with Crippen LogP contribution in [0.1, 0.15) is 51.9 Å². The van der Waals surface area contributed by atoms with Gasteiger partial charge >= 0.3 is 0 Å². The molecule has 2 aliphatic rings. The SMILES string of the molecule is CCC(C1CCCN1)N(c1ccc(OC)c(F)c1)c1nc(N)nc(NCC2CCCC2)n1. The molecule has 1 aliphatic carbocycles. The normalized spacial score (nSPS) is 19.8. The van der Waals surface area contributed by atoms with E-state index in [1.54, 1.807) is 6.07 Å². The minimum Gasteiger partial charge on any atom is -0.494 e. The van der Waals surface area contributed by atoms with Crippen molar-refractivity contribution in [3.05, 3.63) is 24.0 Å². The molecule has 0 spiro atoms. The number of nitrogens with one attached hydrogen (secondary N) is 2. The van der Waals surface area contributed by atoms with Crippen LogP contribution in [0.15, 0.2) is 18.2 Å². The standard InChI is InChI=1S/C23H34FN7O/c1-3-19(18-9-6-12-26-18)31(16-10-11-20(32-2)17(24)13-16)23-29-21(25)28-22(30-23)27-14-15-7-4-5-8-15/h10-11,13,15,18-19,26H,3-9,12,14H2,1-2H3,(H3,25,27,28,29,30). The number of hydrogen-bond donors (Lipinski definition) is 3. The fraction of sp³-hybridized carbons (Fsp3) is 0.609. The topological polar surface area (TPSA) is 101 Å². The Morgan fingerprint density at radius 3 is 2.69 bits per heavy atom. The molecule has 8 nitrogen and oxygen atoms in total. The average Bonchev–Trinajstić information content (AvgIpc) is 3.50. The van der Waals surface area contributed by atoms with E-state index in [9.17, 15) is 4.39 Å². The van der Waals surface area contributed by atoms with Crippen molar-refractivity contribution in [2.45, 2.75) is 64.0 Å². The van der Waals surface area contributed by atoms with Gasteiger partial charge < -0.3 is 26.0 Å². The van der Waals surface area contributed by atoms with E-state index in [0.29, 0.717) is 23.5 Å². The number of benzene rings is 1. The van der Waals surface area contributed by atoms with Gasteiger partial charge in [0.15, 0.2) is 11.6 Å². The van der Waals surface area contributed by atoms with Crippen molar-refractivity contribution in [1.29, 1.82) is 0 Å². The molecule has 4 rings (SSSR count). The first-order valence-corrected chi connectivity index (χ1v) is 11.7. The van der Waals surface area contributed by atoms with Gasteiger partial charge in [-0.05, 0) is 56.7 Å². The van der Waals surface area contributed by atoms with Gasteiger partial charge in [0.2, 0.25) is 17.8 Å². The number of nitrogens with zero attached hydrogens (tertiary/aromatic N) is 4. The molecule has 174 valence electrons. The van der Waals surface area contributed by atoms with Crippen molar-refractivity contribution in [3.63, 3.8) is 0 Å². The molecular weight excluding hydrogens is 409 g/mol. The number of hydrogen-bond acceptors (Lipinski definition) is 8. The molecule has 4 N–H and O–H groups in total. The third-order valence-electron chi connectivity index (χ3n) is 6.61. The van der Waals surface area contributed by atoms with Crippen LogP contribution in [-0.2, 0) is 0 Å². The summed E-state index contributed by atoms with van der Waals surface area (Å²) in [5.74, 6) is 1.45. The number of methoxy groups -OCH3 is 1. The van der Waals surface area contributed by atoms with E-state index in [4.69, 9.17) is 15.5 Å². The van der Waals surface area contributed by atoms with Crippen LogP contribution >= 0.6 is 0 Å². The number of aromatic nitrogens is 3. The van der Waals surface area contributed by atoms with Gasteiger partial charge in [-0.1, -0.05) is 19.8 Å². The zero-order chi connectivity index (χ0) is 22.5. The zero-order valence-electron chi connectivity index (χ0n) is 19.0. The Morgan fingerprint density at radius 1 is 1.22 bits per heavy atom. The number of ether oxygens (including phenoxy) is 1. The number of nitrogens with two attached hydrogens (primary N) is 1. The van der Waals surface area contributed by atoms with Crippen LogP contribution in [0, 0.1) is 11.7 Å². The quantitative estimate of drug-likeness (QED) is 0.537. The van der Waals surface area contributed by atoms with E-state index in [1.807, 2.05) is 11.0 Å². The summed E-state index contributed by atoms with van der Waals surface area (Å²) in [6.07, 6.45) is 7.99. The van der Waals surface area contributed by atoms with Gasteiger partial charge in [-0.2, -0.15) is 15.0 Å². The summed E-state index contributed by atoms with van der Waals surface area (Å²) < 4.78 is 19.8. The molecule has 1 saturated heterocycles. The Labute approximate surface area is 189 Å². The molecule has 2 fully saturated rings. The molecule has 1 aromatic heterocycles. The minimum atomic E-state index is -0.425. The van der Waals surface area contributed by atoms with Crippen molar-refractivity contribution >= 4 is 23.5 Å². The molecular formula is C23H34FN7O. The van der Waals surface area contributed by atoms with Crippen molar-refractivity contribution in [2.24, 2.45) is 5.92 Å². The Kier molecular flexibility index (Phi) is 7.24. The van der Waals surface area contributed by atoms with E-state index in [2.05, 4.69) is 27.5 Å². The van der Waals surface area contributed by atoms with Gasteiger partial charge in [0.25, 0.3) is 0 Å². The molecule has 1 saturated carbocycles. The largest absolute Gasteiger partial charge is 0.494 e. The molecule has 0 bridgehead atoms. The van der Waals surface area contributed by atoms with Crippen molar-refractivity contribution in [2.75, 3.05) is 36.1 Å². The molecule has 1 aliphatic heterocycles. The summed E-state index contributed by atoms with van der Waals surface area (Å²) >= 11 is 0. The third kappa shape index (κ3) is 5.03. The fourth-order valence-electron chi connectivity index (χ4n) is 4.96. The molecule has 2 heterocycles. The maximum Gasteiger partial charge on any atom is 0.236 e. The lowest BCUT2D eigenvalue weighted by molar-refractivity contribution is 0.386. The van der Waals surface area contributed by atoms with Crippen LogP contribution in [0.3, 0.4) is 0 Å². The highest BCUT2D eigenvalue weighted by Crippen LogP contribution is 2.33. The summed E-state index contributed by atoms with van der Waals surface area (Å²) in [5.41, 5.74) is 6.75. The second-order valence-corrected chi connectivity index (χ2v) is 8.72. The van der Waals surface area contributed by atoms with E-state index in [0.717, 1.165) is 32.4 Å². The Hall–Kier alpha value is -2.68. The molecule has 2 aromatic rings. The number of rotatable bonds is 9. The van der Waals surface area contributed by atoms with E-state index in [1.165, 1.54) is 38.9 Å². The van der Waals surface area contributed by atoms with Crippen LogP contribution < -0.4 is 26.0 Å². The Balaban J connectivity index is 1.69. The first-order chi connectivity index (χ1) is 15.6. The molecule has 0 radical (unpaired) electrons. The first kappa shape index (κ1) is 22.5. The third-order valence-corrected chi connectivity index (χ3v) is 6.61.